The number of ether oxygens (including phenoxy) is 1. The Balaban J connectivity index is 3.03. The van der Waals surface area contributed by atoms with Crippen LogP contribution in [0.5, 0.6) is 5.75 Å². The van der Waals surface area contributed by atoms with E-state index in [4.69, 9.17) is 4.74 Å². The minimum absolute atomic E-state index is 0.191. The van der Waals surface area contributed by atoms with Gasteiger partial charge in [-0.05, 0) is 35.4 Å². The van der Waals surface area contributed by atoms with Gasteiger partial charge in [0, 0.05) is 0 Å². The Morgan fingerprint density at radius 1 is 1.12 bits per heavy atom. The number of methoxy groups -OCH3 is 1. The zero-order valence-electron chi connectivity index (χ0n) is 12.0. The highest BCUT2D eigenvalue weighted by atomic mass is 16.5. The fourth-order valence-electron chi connectivity index (χ4n) is 2.27. The average Bonchev–Trinajstić information content (AvgIpc) is 2.28. The molecule has 1 rings (SSSR count). The first-order valence-electron chi connectivity index (χ1n) is 6.67. The summed E-state index contributed by atoms with van der Waals surface area (Å²) < 4.78 is 5.51. The number of hydrogen-bond acceptors (Lipinski definition) is 1. The van der Waals surface area contributed by atoms with Gasteiger partial charge in [0.15, 0.2) is 0 Å². The zero-order valence-corrected chi connectivity index (χ0v) is 12.0. The topological polar surface area (TPSA) is 9.23 Å². The summed E-state index contributed by atoms with van der Waals surface area (Å²) in [5, 5.41) is 0. The van der Waals surface area contributed by atoms with Crippen LogP contribution in [0.4, 0.5) is 0 Å². The molecule has 0 amide bonds. The second-order valence-corrected chi connectivity index (χ2v) is 5.69. The van der Waals surface area contributed by atoms with Crippen LogP contribution in [-0.4, -0.2) is 7.11 Å². The summed E-state index contributed by atoms with van der Waals surface area (Å²) in [6, 6.07) is 6.42. The van der Waals surface area contributed by atoms with Crippen molar-refractivity contribution < 1.29 is 4.74 Å². The molecule has 1 nitrogen and oxygen atoms in total. The molecule has 0 bridgehead atoms. The summed E-state index contributed by atoms with van der Waals surface area (Å²) in [5.74, 6) is 1.05. The van der Waals surface area contributed by atoms with E-state index in [-0.39, 0.29) is 5.41 Å². The predicted octanol–water partition coefficient (Wildman–Crippen LogP) is 4.73. The van der Waals surface area contributed by atoms with E-state index in [2.05, 4.69) is 45.9 Å². The van der Waals surface area contributed by atoms with Gasteiger partial charge < -0.3 is 4.74 Å². The molecule has 1 aromatic rings. The van der Waals surface area contributed by atoms with Gasteiger partial charge in [-0.1, -0.05) is 52.7 Å². The molecule has 0 aliphatic rings. The van der Waals surface area contributed by atoms with Crippen molar-refractivity contribution >= 4 is 0 Å². The largest absolute Gasteiger partial charge is 0.496 e. The maximum Gasteiger partial charge on any atom is 0.122 e. The van der Waals surface area contributed by atoms with E-state index in [1.807, 2.05) is 0 Å². The van der Waals surface area contributed by atoms with Crippen LogP contribution in [0, 0.1) is 0 Å². The summed E-state index contributed by atoms with van der Waals surface area (Å²) >= 11 is 0. The number of unbranched alkanes of at least 4 members (excludes halogenated alkanes) is 2. The molecule has 0 unspecified atom stereocenters. The van der Waals surface area contributed by atoms with Crippen molar-refractivity contribution in [1.29, 1.82) is 0 Å². The van der Waals surface area contributed by atoms with Gasteiger partial charge in [-0.3, -0.25) is 0 Å². The minimum atomic E-state index is 0.191. The van der Waals surface area contributed by atoms with Crippen molar-refractivity contribution in [3.05, 3.63) is 29.3 Å². The molecule has 1 aromatic carbocycles. The van der Waals surface area contributed by atoms with Gasteiger partial charge in [-0.15, -0.1) is 0 Å². The quantitative estimate of drug-likeness (QED) is 0.669. The first kappa shape index (κ1) is 14.1. The van der Waals surface area contributed by atoms with Crippen molar-refractivity contribution in [2.45, 2.75) is 58.8 Å². The van der Waals surface area contributed by atoms with E-state index < -0.39 is 0 Å². The minimum Gasteiger partial charge on any atom is -0.496 e. The Morgan fingerprint density at radius 3 is 2.35 bits per heavy atom. The Kier molecular flexibility index (Phi) is 5.04. The first-order chi connectivity index (χ1) is 8.00. The third-order valence-corrected chi connectivity index (χ3v) is 3.19. The van der Waals surface area contributed by atoms with Crippen LogP contribution in [0.15, 0.2) is 18.2 Å². The predicted molar refractivity (Wildman–Crippen MR) is 74.9 cm³/mol. The Hall–Kier alpha value is -0.980. The lowest BCUT2D eigenvalue weighted by Gasteiger charge is -2.24. The zero-order chi connectivity index (χ0) is 12.9. The molecule has 0 spiro atoms. The molecule has 0 heterocycles. The molecule has 1 heteroatoms. The van der Waals surface area contributed by atoms with Crippen LogP contribution < -0.4 is 4.74 Å². The molecule has 17 heavy (non-hydrogen) atoms. The molecule has 0 aromatic heterocycles. The van der Waals surface area contributed by atoms with Crippen LogP contribution >= 0.6 is 0 Å². The molecule has 0 fully saturated rings. The molecule has 0 aliphatic carbocycles. The van der Waals surface area contributed by atoms with E-state index >= 15 is 0 Å². The Labute approximate surface area is 106 Å². The van der Waals surface area contributed by atoms with Gasteiger partial charge in [-0.2, -0.15) is 0 Å². The molecule has 0 saturated heterocycles. The third-order valence-electron chi connectivity index (χ3n) is 3.19. The molecular formula is C16H26O. The van der Waals surface area contributed by atoms with Gasteiger partial charge in [0.25, 0.3) is 0 Å². The van der Waals surface area contributed by atoms with Gasteiger partial charge in [-0.25, -0.2) is 0 Å². The number of hydrogen-bond donors (Lipinski definition) is 0. The third kappa shape index (κ3) is 3.76. The fourth-order valence-corrected chi connectivity index (χ4v) is 2.27. The summed E-state index contributed by atoms with van der Waals surface area (Å²) in [6.45, 7) is 9.05. The Bertz CT molecular complexity index is 347. The highest BCUT2D eigenvalue weighted by Crippen LogP contribution is 2.32. The van der Waals surface area contributed by atoms with Gasteiger partial charge in [0.1, 0.15) is 5.75 Å². The molecule has 0 radical (unpaired) electrons. The second kappa shape index (κ2) is 6.09. The molecule has 0 saturated carbocycles. The van der Waals surface area contributed by atoms with Gasteiger partial charge in [0.05, 0.1) is 7.11 Å². The van der Waals surface area contributed by atoms with Crippen molar-refractivity contribution in [3.8, 4) is 5.75 Å². The molecular weight excluding hydrogens is 208 g/mol. The molecule has 0 N–H and O–H groups in total. The van der Waals surface area contributed by atoms with E-state index in [0.29, 0.717) is 0 Å². The standard InChI is InChI=1S/C16H26O/c1-6-7-8-10-13-14(16(2,3)4)11-9-12-15(13)17-5/h9,11-12H,6-8,10H2,1-5H3. The van der Waals surface area contributed by atoms with Gasteiger partial charge >= 0.3 is 0 Å². The first-order valence-corrected chi connectivity index (χ1v) is 6.67. The van der Waals surface area contributed by atoms with E-state index in [0.717, 1.165) is 12.2 Å². The van der Waals surface area contributed by atoms with E-state index in [1.54, 1.807) is 7.11 Å². The normalized spacial score (nSPS) is 11.6. The van der Waals surface area contributed by atoms with Crippen LogP contribution in [-0.2, 0) is 11.8 Å². The van der Waals surface area contributed by atoms with E-state index in [9.17, 15) is 0 Å². The van der Waals surface area contributed by atoms with Crippen LogP contribution in [0.2, 0.25) is 0 Å². The van der Waals surface area contributed by atoms with Crippen molar-refractivity contribution in [2.24, 2.45) is 0 Å². The maximum atomic E-state index is 5.51. The lowest BCUT2D eigenvalue weighted by molar-refractivity contribution is 0.405. The van der Waals surface area contributed by atoms with Crippen LogP contribution in [0.3, 0.4) is 0 Å². The van der Waals surface area contributed by atoms with Crippen molar-refractivity contribution in [1.82, 2.24) is 0 Å². The van der Waals surface area contributed by atoms with Crippen molar-refractivity contribution in [3.63, 3.8) is 0 Å². The van der Waals surface area contributed by atoms with Crippen LogP contribution in [0.1, 0.15) is 58.1 Å². The Morgan fingerprint density at radius 2 is 1.82 bits per heavy atom. The molecule has 0 aliphatic heterocycles. The number of benzene rings is 1. The fraction of sp³-hybridized carbons (Fsp3) is 0.625. The molecule has 0 atom stereocenters. The smallest absolute Gasteiger partial charge is 0.122 e. The van der Waals surface area contributed by atoms with Crippen LogP contribution in [0.25, 0.3) is 0 Å². The lowest BCUT2D eigenvalue weighted by atomic mass is 9.82. The summed E-state index contributed by atoms with van der Waals surface area (Å²) in [4.78, 5) is 0. The van der Waals surface area contributed by atoms with Crippen molar-refractivity contribution in [2.75, 3.05) is 7.11 Å². The monoisotopic (exact) mass is 234 g/mol. The molecule has 96 valence electrons. The van der Waals surface area contributed by atoms with Gasteiger partial charge in [0.2, 0.25) is 0 Å². The highest BCUT2D eigenvalue weighted by molar-refractivity contribution is 5.43. The average molecular weight is 234 g/mol. The number of rotatable bonds is 5. The summed E-state index contributed by atoms with van der Waals surface area (Å²) in [6.07, 6.45) is 4.94. The summed E-state index contributed by atoms with van der Waals surface area (Å²) in [7, 11) is 1.77. The second-order valence-electron chi connectivity index (χ2n) is 5.69. The highest BCUT2D eigenvalue weighted by Gasteiger charge is 2.19. The SMILES string of the molecule is CCCCCc1c(OC)cccc1C(C)(C)C. The lowest BCUT2D eigenvalue weighted by Crippen LogP contribution is -2.15. The van der Waals surface area contributed by atoms with E-state index in [1.165, 1.54) is 30.4 Å². The summed E-state index contributed by atoms with van der Waals surface area (Å²) in [5.41, 5.74) is 3.01. The maximum absolute atomic E-state index is 5.51.